The molecule has 1 spiro atoms. The van der Waals surface area contributed by atoms with E-state index in [-0.39, 0.29) is 23.1 Å². The van der Waals surface area contributed by atoms with Crippen LogP contribution in [-0.2, 0) is 16.6 Å². The molecule has 11 heteroatoms. The number of hydrogen-bond donors (Lipinski definition) is 1. The van der Waals surface area contributed by atoms with Crippen LogP contribution in [0, 0.1) is 12.7 Å². The summed E-state index contributed by atoms with van der Waals surface area (Å²) in [6.07, 6.45) is 6.74. The van der Waals surface area contributed by atoms with Gasteiger partial charge in [-0.25, -0.2) is 21.9 Å². The van der Waals surface area contributed by atoms with Crippen molar-refractivity contribution in [2.75, 3.05) is 32.1 Å². The number of aryl methyl sites for hydroxylation is 1. The number of carbonyl (C=O) groups excluding carboxylic acids is 1. The number of benzene rings is 3. The number of nitrogens with zero attached hydrogens (tertiary/aromatic N) is 4. The van der Waals surface area contributed by atoms with Crippen molar-refractivity contribution in [3.05, 3.63) is 77.6 Å². The van der Waals surface area contributed by atoms with Crippen LogP contribution < -0.4 is 15.0 Å². The zero-order valence-electron chi connectivity index (χ0n) is 29.2. The first-order chi connectivity index (χ1) is 23.4. The summed E-state index contributed by atoms with van der Waals surface area (Å²) in [7, 11) is -0.651. The summed E-state index contributed by atoms with van der Waals surface area (Å²) >= 11 is 0. The Hall–Kier alpha value is -3.80. The Morgan fingerprint density at radius 2 is 1.76 bits per heavy atom. The van der Waals surface area contributed by atoms with E-state index in [1.54, 1.807) is 36.1 Å². The number of piperidine rings is 1. The van der Waals surface area contributed by atoms with Gasteiger partial charge in [-0.1, -0.05) is 43.5 Å². The van der Waals surface area contributed by atoms with Gasteiger partial charge in [0.25, 0.3) is 0 Å². The number of hydrogen-bond acceptors (Lipinski definition) is 6. The number of rotatable bonds is 9. The van der Waals surface area contributed by atoms with Crippen LogP contribution in [0.5, 0.6) is 5.75 Å². The van der Waals surface area contributed by atoms with Crippen LogP contribution in [0.3, 0.4) is 0 Å². The molecule has 49 heavy (non-hydrogen) atoms. The third kappa shape index (κ3) is 7.25. The predicted octanol–water partition coefficient (Wildman–Crippen LogP) is 7.13. The zero-order chi connectivity index (χ0) is 34.9. The number of amidine groups is 1. The Morgan fingerprint density at radius 1 is 1.02 bits per heavy atom. The van der Waals surface area contributed by atoms with Crippen molar-refractivity contribution >= 4 is 27.6 Å². The maximum Gasteiger partial charge on any atom is 0.328 e. The smallest absolute Gasteiger partial charge is 0.328 e. The van der Waals surface area contributed by atoms with Gasteiger partial charge < -0.3 is 4.74 Å². The molecule has 2 amide bonds. The quantitative estimate of drug-likeness (QED) is 0.258. The first-order valence-corrected chi connectivity index (χ1v) is 18.8. The van der Waals surface area contributed by atoms with Crippen molar-refractivity contribution in [2.45, 2.75) is 94.8 Å². The Kier molecular flexibility index (Phi) is 10.2. The number of ether oxygens (including phenoxy) is 1. The molecule has 2 aliphatic heterocycles. The molecule has 3 aromatic carbocycles. The monoisotopic (exact) mass is 689 g/mol. The number of anilines is 1. The molecule has 2 heterocycles. The van der Waals surface area contributed by atoms with Crippen LogP contribution in [-0.4, -0.2) is 74.4 Å². The summed E-state index contributed by atoms with van der Waals surface area (Å²) in [6, 6.07) is 17.6. The van der Waals surface area contributed by atoms with Crippen molar-refractivity contribution in [1.82, 2.24) is 14.5 Å². The van der Waals surface area contributed by atoms with Crippen molar-refractivity contribution in [1.29, 1.82) is 0 Å². The minimum Gasteiger partial charge on any atom is -0.491 e. The largest absolute Gasteiger partial charge is 0.491 e. The fourth-order valence-electron chi connectivity index (χ4n) is 7.48. The Bertz CT molecular complexity index is 1830. The lowest BCUT2D eigenvalue weighted by Gasteiger charge is -2.44. The number of halogens is 1. The van der Waals surface area contributed by atoms with Gasteiger partial charge >= 0.3 is 6.03 Å². The van der Waals surface area contributed by atoms with Gasteiger partial charge in [0.2, 0.25) is 10.0 Å². The number of nitrogens with one attached hydrogen (secondary N) is 1. The van der Waals surface area contributed by atoms with E-state index in [2.05, 4.69) is 22.3 Å². The lowest BCUT2D eigenvalue weighted by molar-refractivity contribution is 0.183. The highest BCUT2D eigenvalue weighted by atomic mass is 32.2. The van der Waals surface area contributed by atoms with E-state index in [9.17, 15) is 13.2 Å². The highest BCUT2D eigenvalue weighted by Crippen LogP contribution is 2.43. The molecule has 262 valence electrons. The van der Waals surface area contributed by atoms with E-state index in [0.29, 0.717) is 54.1 Å². The average molecular weight is 690 g/mol. The molecule has 3 fully saturated rings. The van der Waals surface area contributed by atoms with E-state index in [1.165, 1.54) is 37.0 Å². The standard InChI is InChI=1S/C38H48FN5O4S/c1-26(2)48-32-13-9-10-28(23-32)25-43-20-18-38(19-21-43)36(40-31-11-7-6-8-12-31)41-37(45)44(38)34-24-30(39)15-16-33(34)29-14-17-35(27(3)22-29)49(46,47)42(4)5/h9-10,13-17,22-24,26,31H,6-8,11-12,18-21,25H2,1-5H3,(H,40,41,45). The molecule has 0 unspecified atom stereocenters. The molecule has 6 rings (SSSR count). The van der Waals surface area contributed by atoms with E-state index in [0.717, 1.165) is 43.5 Å². The lowest BCUT2D eigenvalue weighted by Crippen LogP contribution is -2.57. The second-order valence-electron chi connectivity index (χ2n) is 14.1. The van der Waals surface area contributed by atoms with Crippen molar-refractivity contribution in [2.24, 2.45) is 4.99 Å². The Balaban J connectivity index is 1.37. The number of urea groups is 1. The molecular formula is C38H48FN5O4S. The normalized spacial score (nSPS) is 19.7. The Morgan fingerprint density at radius 3 is 2.43 bits per heavy atom. The first kappa shape index (κ1) is 35.0. The summed E-state index contributed by atoms with van der Waals surface area (Å²) in [5.74, 6) is 1.07. The molecule has 1 saturated carbocycles. The molecule has 0 aromatic heterocycles. The molecule has 0 radical (unpaired) electrons. The second-order valence-corrected chi connectivity index (χ2v) is 16.2. The number of amides is 2. The summed E-state index contributed by atoms with van der Waals surface area (Å²) in [4.78, 5) is 23.7. The van der Waals surface area contributed by atoms with Crippen LogP contribution in [0.25, 0.3) is 11.1 Å². The highest BCUT2D eigenvalue weighted by molar-refractivity contribution is 7.89. The predicted molar refractivity (Wildman–Crippen MR) is 192 cm³/mol. The topological polar surface area (TPSA) is 94.5 Å². The molecule has 3 aliphatic rings. The maximum atomic E-state index is 15.2. The van der Waals surface area contributed by atoms with Crippen LogP contribution >= 0.6 is 0 Å². The number of sulfonamides is 1. The van der Waals surface area contributed by atoms with Gasteiger partial charge in [-0.05, 0) is 99.5 Å². The molecule has 0 bridgehead atoms. The van der Waals surface area contributed by atoms with Gasteiger partial charge in [0.05, 0.1) is 22.7 Å². The third-order valence-electron chi connectivity index (χ3n) is 9.99. The first-order valence-electron chi connectivity index (χ1n) is 17.4. The zero-order valence-corrected chi connectivity index (χ0v) is 30.0. The third-order valence-corrected chi connectivity index (χ3v) is 12.0. The second kappa shape index (κ2) is 14.2. The van der Waals surface area contributed by atoms with Gasteiger partial charge in [-0.2, -0.15) is 0 Å². The Labute approximate surface area is 290 Å². The average Bonchev–Trinajstić information content (AvgIpc) is 3.31. The van der Waals surface area contributed by atoms with Gasteiger partial charge in [0, 0.05) is 39.3 Å². The summed E-state index contributed by atoms with van der Waals surface area (Å²) < 4.78 is 48.2. The van der Waals surface area contributed by atoms with Gasteiger partial charge in [-0.3, -0.25) is 20.1 Å². The molecular weight excluding hydrogens is 642 g/mol. The van der Waals surface area contributed by atoms with Crippen molar-refractivity contribution in [3.63, 3.8) is 0 Å². The fourth-order valence-corrected chi connectivity index (χ4v) is 8.58. The molecule has 1 aliphatic carbocycles. The number of likely N-dealkylation sites (tertiary alicyclic amines) is 1. The minimum absolute atomic E-state index is 0.0889. The van der Waals surface area contributed by atoms with Gasteiger partial charge in [-0.15, -0.1) is 0 Å². The van der Waals surface area contributed by atoms with E-state index >= 15 is 4.39 Å². The highest BCUT2D eigenvalue weighted by Gasteiger charge is 2.53. The fraction of sp³-hybridized carbons (Fsp3) is 0.474. The van der Waals surface area contributed by atoms with E-state index in [1.807, 2.05) is 26.0 Å². The molecule has 2 saturated heterocycles. The lowest BCUT2D eigenvalue weighted by atomic mass is 9.84. The molecule has 1 N–H and O–H groups in total. The van der Waals surface area contributed by atoms with Gasteiger partial charge in [0.1, 0.15) is 22.9 Å². The van der Waals surface area contributed by atoms with Crippen molar-refractivity contribution < 1.29 is 22.3 Å². The van der Waals surface area contributed by atoms with Crippen LogP contribution in [0.15, 0.2) is 70.6 Å². The molecule has 0 atom stereocenters. The SMILES string of the molecule is Cc1cc(-c2ccc(F)cc2N2C(=O)NC(=NC3CCCCC3)C23CCN(Cc2cccc(OC(C)C)c2)CC3)ccc1S(=O)(=O)N(C)C. The van der Waals surface area contributed by atoms with E-state index in [4.69, 9.17) is 9.73 Å². The molecule has 9 nitrogen and oxygen atoms in total. The number of carbonyl (C=O) groups is 1. The minimum atomic E-state index is -3.66. The molecule has 3 aromatic rings. The van der Waals surface area contributed by atoms with Crippen LogP contribution in [0.1, 0.15) is 69.9 Å². The van der Waals surface area contributed by atoms with Crippen molar-refractivity contribution in [3.8, 4) is 16.9 Å². The van der Waals surface area contributed by atoms with Crippen LogP contribution in [0.2, 0.25) is 0 Å². The number of aliphatic imine (C=N–C) groups is 1. The maximum absolute atomic E-state index is 15.2. The summed E-state index contributed by atoms with van der Waals surface area (Å²) in [5, 5.41) is 3.15. The van der Waals surface area contributed by atoms with E-state index < -0.39 is 21.4 Å². The van der Waals surface area contributed by atoms with Gasteiger partial charge in [0.15, 0.2) is 0 Å². The van der Waals surface area contributed by atoms with Crippen LogP contribution in [0.4, 0.5) is 14.9 Å². The summed E-state index contributed by atoms with van der Waals surface area (Å²) in [6.45, 7) is 7.96. The summed E-state index contributed by atoms with van der Waals surface area (Å²) in [5.41, 5.74) is 2.74.